The predicted molar refractivity (Wildman–Crippen MR) is 87.4 cm³/mol. The molecule has 9 heteroatoms. The number of nitrogens with zero attached hydrogens (tertiary/aromatic N) is 5. The third-order valence-electron chi connectivity index (χ3n) is 4.53. The molecule has 0 N–H and O–H groups in total. The summed E-state index contributed by atoms with van der Waals surface area (Å²) in [6.45, 7) is 2.60. The largest absolute Gasteiger partial charge is 0.433 e. The first-order valence-corrected chi connectivity index (χ1v) is 8.91. The standard InChI is InChI=1S/C16H16F3N5S/c17-16(18,19)14-8-13(22-15-20-10-21-24(14)15)11-3-5-23(6-4-11)9-12-2-1-7-25-12/h1-2,7-8,10-11H,3-6,9H2. The highest BCUT2D eigenvalue weighted by atomic mass is 32.1. The normalized spacial score (nSPS) is 17.4. The zero-order valence-corrected chi connectivity index (χ0v) is 14.1. The second-order valence-electron chi connectivity index (χ2n) is 6.17. The van der Waals surface area contributed by atoms with Gasteiger partial charge < -0.3 is 0 Å². The molecular weight excluding hydrogens is 351 g/mol. The predicted octanol–water partition coefficient (Wildman–Crippen LogP) is 3.58. The summed E-state index contributed by atoms with van der Waals surface area (Å²) in [6, 6.07) is 5.26. The van der Waals surface area contributed by atoms with Gasteiger partial charge in [0.15, 0.2) is 5.69 Å². The Balaban J connectivity index is 1.53. The number of likely N-dealkylation sites (tertiary alicyclic amines) is 1. The van der Waals surface area contributed by atoms with E-state index >= 15 is 0 Å². The number of aromatic nitrogens is 4. The average Bonchev–Trinajstić information content (AvgIpc) is 3.24. The summed E-state index contributed by atoms with van der Waals surface area (Å²) >= 11 is 1.72. The van der Waals surface area contributed by atoms with Crippen molar-refractivity contribution in [1.29, 1.82) is 0 Å². The van der Waals surface area contributed by atoms with Crippen LogP contribution < -0.4 is 0 Å². The van der Waals surface area contributed by atoms with Crippen LogP contribution in [0.1, 0.15) is 35.0 Å². The average molecular weight is 367 g/mol. The minimum atomic E-state index is -4.48. The van der Waals surface area contributed by atoms with Crippen LogP contribution in [0.25, 0.3) is 5.78 Å². The maximum absolute atomic E-state index is 13.3. The molecule has 0 radical (unpaired) electrons. The molecule has 132 valence electrons. The number of thiophene rings is 1. The number of fused-ring (bicyclic) bond motifs is 1. The van der Waals surface area contributed by atoms with Crippen LogP contribution in [0, 0.1) is 0 Å². The number of alkyl halides is 3. The summed E-state index contributed by atoms with van der Waals surface area (Å²) in [5, 5.41) is 5.70. The van der Waals surface area contributed by atoms with Crippen LogP contribution in [-0.2, 0) is 12.7 Å². The number of rotatable bonds is 3. The summed E-state index contributed by atoms with van der Waals surface area (Å²) in [6.07, 6.45) is -1.80. The van der Waals surface area contributed by atoms with Crippen LogP contribution >= 0.6 is 11.3 Å². The van der Waals surface area contributed by atoms with Gasteiger partial charge in [-0.2, -0.15) is 27.8 Å². The molecule has 1 aliphatic rings. The molecule has 0 amide bonds. The van der Waals surface area contributed by atoms with Gasteiger partial charge in [-0.25, -0.2) is 4.98 Å². The van der Waals surface area contributed by atoms with Gasteiger partial charge in [-0.15, -0.1) is 11.3 Å². The van der Waals surface area contributed by atoms with E-state index in [9.17, 15) is 13.2 Å². The molecule has 25 heavy (non-hydrogen) atoms. The van der Waals surface area contributed by atoms with Crippen molar-refractivity contribution >= 4 is 17.1 Å². The fraction of sp³-hybridized carbons (Fsp3) is 0.438. The van der Waals surface area contributed by atoms with Crippen LogP contribution in [0.4, 0.5) is 13.2 Å². The molecule has 0 atom stereocenters. The van der Waals surface area contributed by atoms with Crippen molar-refractivity contribution in [2.24, 2.45) is 0 Å². The van der Waals surface area contributed by atoms with E-state index in [1.165, 1.54) is 4.88 Å². The highest BCUT2D eigenvalue weighted by molar-refractivity contribution is 7.09. The fourth-order valence-corrected chi connectivity index (χ4v) is 4.00. The lowest BCUT2D eigenvalue weighted by Gasteiger charge is -2.31. The third kappa shape index (κ3) is 3.38. The van der Waals surface area contributed by atoms with Gasteiger partial charge in [0.1, 0.15) is 6.33 Å². The van der Waals surface area contributed by atoms with E-state index in [-0.39, 0.29) is 11.7 Å². The van der Waals surface area contributed by atoms with Crippen LogP contribution in [0.5, 0.6) is 0 Å². The van der Waals surface area contributed by atoms with Gasteiger partial charge in [-0.1, -0.05) is 6.07 Å². The van der Waals surface area contributed by atoms with Crippen LogP contribution in [0.2, 0.25) is 0 Å². The van der Waals surface area contributed by atoms with E-state index < -0.39 is 11.9 Å². The van der Waals surface area contributed by atoms with Gasteiger partial charge in [-0.05, 0) is 43.4 Å². The van der Waals surface area contributed by atoms with Gasteiger partial charge in [-0.3, -0.25) is 4.90 Å². The molecule has 0 unspecified atom stereocenters. The van der Waals surface area contributed by atoms with E-state index in [0.717, 1.165) is 49.4 Å². The molecule has 0 saturated carbocycles. The molecular formula is C16H16F3N5S. The molecule has 3 aromatic heterocycles. The van der Waals surface area contributed by atoms with Crippen molar-refractivity contribution in [3.05, 3.63) is 46.2 Å². The smallest absolute Gasteiger partial charge is 0.298 e. The molecule has 0 aromatic carbocycles. The number of piperidine rings is 1. The van der Waals surface area contributed by atoms with Crippen molar-refractivity contribution in [1.82, 2.24) is 24.5 Å². The number of halogens is 3. The summed E-state index contributed by atoms with van der Waals surface area (Å²) in [7, 11) is 0. The lowest BCUT2D eigenvalue weighted by molar-refractivity contribution is -0.142. The van der Waals surface area contributed by atoms with E-state index in [1.807, 2.05) is 6.07 Å². The minimum absolute atomic E-state index is 0.00541. The van der Waals surface area contributed by atoms with Crippen LogP contribution in [0.3, 0.4) is 0 Å². The zero-order chi connectivity index (χ0) is 17.4. The Bertz CT molecular complexity index is 850. The second kappa shape index (κ2) is 6.38. The number of hydrogen-bond acceptors (Lipinski definition) is 5. The van der Waals surface area contributed by atoms with Gasteiger partial charge in [0.25, 0.3) is 5.78 Å². The maximum Gasteiger partial charge on any atom is 0.433 e. The first kappa shape index (κ1) is 16.5. The van der Waals surface area contributed by atoms with Crippen molar-refractivity contribution in [3.8, 4) is 0 Å². The van der Waals surface area contributed by atoms with E-state index in [2.05, 4.69) is 31.4 Å². The minimum Gasteiger partial charge on any atom is -0.298 e. The molecule has 0 aliphatic carbocycles. The summed E-state index contributed by atoms with van der Waals surface area (Å²) in [5.74, 6) is 0.0215. The molecule has 5 nitrogen and oxygen atoms in total. The number of hydrogen-bond donors (Lipinski definition) is 0. The van der Waals surface area contributed by atoms with Crippen LogP contribution in [0.15, 0.2) is 29.9 Å². The Hall–Kier alpha value is -2.00. The van der Waals surface area contributed by atoms with Crippen molar-refractivity contribution in [2.45, 2.75) is 31.5 Å². The molecule has 3 aromatic rings. The highest BCUT2D eigenvalue weighted by Gasteiger charge is 2.36. The summed E-state index contributed by atoms with van der Waals surface area (Å²) in [5.41, 5.74) is -0.352. The van der Waals surface area contributed by atoms with Crippen molar-refractivity contribution < 1.29 is 13.2 Å². The van der Waals surface area contributed by atoms with E-state index in [1.54, 1.807) is 11.3 Å². The van der Waals surface area contributed by atoms with Gasteiger partial charge >= 0.3 is 6.18 Å². The quantitative estimate of drug-likeness (QED) is 0.710. The van der Waals surface area contributed by atoms with Gasteiger partial charge in [0, 0.05) is 23.0 Å². The third-order valence-corrected chi connectivity index (χ3v) is 5.39. The topological polar surface area (TPSA) is 46.3 Å². The zero-order valence-electron chi connectivity index (χ0n) is 13.3. The van der Waals surface area contributed by atoms with E-state index in [4.69, 9.17) is 0 Å². The molecule has 4 heterocycles. The van der Waals surface area contributed by atoms with Crippen molar-refractivity contribution in [2.75, 3.05) is 13.1 Å². The maximum atomic E-state index is 13.3. The molecule has 1 fully saturated rings. The lowest BCUT2D eigenvalue weighted by atomic mass is 9.93. The molecule has 1 saturated heterocycles. The second-order valence-corrected chi connectivity index (χ2v) is 7.20. The van der Waals surface area contributed by atoms with Crippen LogP contribution in [-0.4, -0.2) is 37.6 Å². The summed E-state index contributed by atoms with van der Waals surface area (Å²) < 4.78 is 40.6. The Morgan fingerprint density at radius 2 is 2.04 bits per heavy atom. The van der Waals surface area contributed by atoms with Crippen molar-refractivity contribution in [3.63, 3.8) is 0 Å². The Morgan fingerprint density at radius 1 is 1.24 bits per heavy atom. The highest BCUT2D eigenvalue weighted by Crippen LogP contribution is 2.33. The molecule has 4 rings (SSSR count). The first-order chi connectivity index (χ1) is 12.0. The lowest BCUT2D eigenvalue weighted by Crippen LogP contribution is -2.32. The summed E-state index contributed by atoms with van der Waals surface area (Å²) in [4.78, 5) is 11.8. The molecule has 0 spiro atoms. The van der Waals surface area contributed by atoms with Gasteiger partial charge in [0.05, 0.1) is 0 Å². The monoisotopic (exact) mass is 367 g/mol. The van der Waals surface area contributed by atoms with Gasteiger partial charge in [0.2, 0.25) is 0 Å². The Labute approximate surface area is 146 Å². The fourth-order valence-electron chi connectivity index (χ4n) is 3.25. The first-order valence-electron chi connectivity index (χ1n) is 8.03. The molecule has 0 bridgehead atoms. The molecule has 1 aliphatic heterocycles. The Morgan fingerprint density at radius 3 is 2.72 bits per heavy atom. The van der Waals surface area contributed by atoms with E-state index in [0.29, 0.717) is 5.69 Å². The Kier molecular flexibility index (Phi) is 4.20. The SMILES string of the molecule is FC(F)(F)c1cc(C2CCN(Cc3cccs3)CC2)nc2ncnn12.